The standard InChI is InChI=1S/C58H49F2N5.Pt/c1-37-30-49-48-27-26-42(34-52(48)65(54(49)38(2)62-37)53-35-41(28-29-61-53)56(3,4)5)58(59,60)44-31-43(57(6,7)8)32-45(33-44)63-36-64(51-25-16-15-24-50(51)63)55-46(39-18-11-9-12-19-39)22-17-23-47(55)40-20-13-10-14-21-40;/h9-32,35H,1-8H3;/q;+2/i9D,10D,11D,12D,13D,14D,18D,19D,20D,21D;. The summed E-state index contributed by atoms with van der Waals surface area (Å²) in [4.78, 5) is 9.52. The van der Waals surface area contributed by atoms with E-state index >= 15 is 8.78 Å². The van der Waals surface area contributed by atoms with Gasteiger partial charge in [0.15, 0.2) is 0 Å². The molecule has 1 aliphatic rings. The van der Waals surface area contributed by atoms with Crippen molar-refractivity contribution in [2.45, 2.75) is 72.1 Å². The second kappa shape index (κ2) is 16.7. The Bertz CT molecular complexity index is 3890. The largest absolute Gasteiger partial charge is 2.00 e. The molecule has 4 heterocycles. The summed E-state index contributed by atoms with van der Waals surface area (Å²) < 4.78 is 128. The zero-order chi connectivity index (χ0) is 54.1. The molecule has 3 aromatic heterocycles. The predicted octanol–water partition coefficient (Wildman–Crippen LogP) is 14.7. The van der Waals surface area contributed by atoms with Crippen LogP contribution in [0.15, 0.2) is 152 Å². The fourth-order valence-corrected chi connectivity index (χ4v) is 8.50. The van der Waals surface area contributed by atoms with Crippen LogP contribution in [0.3, 0.4) is 0 Å². The van der Waals surface area contributed by atoms with Crippen molar-refractivity contribution in [3.05, 3.63) is 197 Å². The van der Waals surface area contributed by atoms with Crippen LogP contribution in [0, 0.1) is 26.0 Å². The van der Waals surface area contributed by atoms with Gasteiger partial charge in [-0.05, 0) is 81.7 Å². The summed E-state index contributed by atoms with van der Waals surface area (Å²) in [5, 5.41) is 1.51. The SMILES string of the molecule is [2H]c1c([2H])c([2H])c(-c2cccc(-c3c([2H])c([2H])c([2H])c([2H])c3[2H])c2[N+]2=C=[N+](c3[c-]c(C(F)(F)c4[c-]c5c(cc4)c4cc(C)nc(C)c4n5-c4cc(C(C)(C)C)ccn4)cc(C(C)(C)C)c3)c3ccccc32)c([2H])c1[2H].[Pt+2]. The second-order valence-corrected chi connectivity index (χ2v) is 18.3. The van der Waals surface area contributed by atoms with E-state index in [0.29, 0.717) is 39.4 Å². The molecule has 0 saturated heterocycles. The summed E-state index contributed by atoms with van der Waals surface area (Å²) in [5.41, 5.74) is 2.91. The van der Waals surface area contributed by atoms with Crippen molar-refractivity contribution in [1.29, 1.82) is 0 Å². The number of hydrogen-bond acceptors (Lipinski definition) is 2. The molecule has 9 aromatic rings. The van der Waals surface area contributed by atoms with Crippen molar-refractivity contribution in [1.82, 2.24) is 23.7 Å². The first kappa shape index (κ1) is 33.8. The molecule has 0 aliphatic carbocycles. The third kappa shape index (κ3) is 7.74. The van der Waals surface area contributed by atoms with Crippen LogP contribution in [0.1, 0.15) is 88.9 Å². The van der Waals surface area contributed by atoms with Gasteiger partial charge in [0.25, 0.3) is 17.3 Å². The average molecular weight is 1060 g/mol. The van der Waals surface area contributed by atoms with Gasteiger partial charge in [0.05, 0.1) is 36.0 Å². The van der Waals surface area contributed by atoms with Gasteiger partial charge in [0.1, 0.15) is 11.5 Å². The molecule has 10 rings (SSSR count). The smallest absolute Gasteiger partial charge is 0.317 e. The molecule has 328 valence electrons. The number of halogens is 2. The van der Waals surface area contributed by atoms with Gasteiger partial charge in [-0.3, -0.25) is 4.98 Å². The maximum atomic E-state index is 18.0. The first-order valence-electron chi connectivity index (χ1n) is 26.2. The molecule has 0 amide bonds. The van der Waals surface area contributed by atoms with Crippen LogP contribution in [0.5, 0.6) is 0 Å². The number of alkyl halides is 2. The van der Waals surface area contributed by atoms with E-state index in [0.717, 1.165) is 22.2 Å². The van der Waals surface area contributed by atoms with Crippen LogP contribution in [0.4, 0.5) is 31.5 Å². The molecule has 0 radical (unpaired) electrons. The fourth-order valence-electron chi connectivity index (χ4n) is 8.50. The van der Waals surface area contributed by atoms with Crippen molar-refractivity contribution >= 4 is 50.6 Å². The van der Waals surface area contributed by atoms with Crippen LogP contribution in [-0.2, 0) is 37.8 Å². The van der Waals surface area contributed by atoms with Crippen molar-refractivity contribution in [2.75, 3.05) is 0 Å². The number of fused-ring (bicyclic) bond motifs is 4. The Labute approximate surface area is 413 Å². The molecule has 0 spiro atoms. The monoisotopic (exact) mass is 1060 g/mol. The van der Waals surface area contributed by atoms with Gasteiger partial charge in [-0.1, -0.05) is 154 Å². The van der Waals surface area contributed by atoms with Crippen LogP contribution in [-0.4, -0.2) is 20.5 Å². The minimum absolute atomic E-state index is 0. The average Bonchev–Trinajstić information content (AvgIpc) is 3.94. The Morgan fingerprint density at radius 1 is 0.652 bits per heavy atom. The fraction of sp³-hybridized carbons (Fsp3) is 0.190. The second-order valence-electron chi connectivity index (χ2n) is 18.3. The Morgan fingerprint density at radius 2 is 1.27 bits per heavy atom. The quantitative estimate of drug-likeness (QED) is 0.118. The molecule has 6 aromatic carbocycles. The summed E-state index contributed by atoms with van der Waals surface area (Å²) in [6.45, 7) is 15.8. The number of pyridine rings is 2. The summed E-state index contributed by atoms with van der Waals surface area (Å²) in [6, 6.07) is 27.2. The van der Waals surface area contributed by atoms with Gasteiger partial charge in [-0.15, -0.1) is 17.0 Å². The van der Waals surface area contributed by atoms with E-state index in [2.05, 4.69) is 38.9 Å². The Kier molecular flexibility index (Phi) is 8.52. The van der Waals surface area contributed by atoms with Gasteiger partial charge >= 0.3 is 27.1 Å². The number of aromatic nitrogens is 3. The maximum absolute atomic E-state index is 18.0. The topological polar surface area (TPSA) is 36.7 Å². The van der Waals surface area contributed by atoms with E-state index in [-0.39, 0.29) is 60.1 Å². The predicted molar refractivity (Wildman–Crippen MR) is 262 cm³/mol. The van der Waals surface area contributed by atoms with Crippen LogP contribution in [0.2, 0.25) is 0 Å². The molecule has 8 heteroatoms. The maximum Gasteiger partial charge on any atom is 2.00 e. The molecule has 0 N–H and O–H groups in total. The van der Waals surface area contributed by atoms with Crippen LogP contribution >= 0.6 is 0 Å². The number of nitrogens with zero attached hydrogens (tertiary/aromatic N) is 5. The number of hydrogen-bond donors (Lipinski definition) is 0. The van der Waals surface area contributed by atoms with Gasteiger partial charge in [0.2, 0.25) is 5.69 Å². The van der Waals surface area contributed by atoms with E-state index in [4.69, 9.17) is 23.7 Å². The zero-order valence-electron chi connectivity index (χ0n) is 47.5. The number of rotatable bonds is 7. The molecule has 0 unspecified atom stereocenters. The normalized spacial score (nSPS) is 14.9. The Hall–Kier alpha value is -6.65. The summed E-state index contributed by atoms with van der Waals surface area (Å²) in [7, 11) is 0. The van der Waals surface area contributed by atoms with Gasteiger partial charge in [-0.2, -0.15) is 18.2 Å². The van der Waals surface area contributed by atoms with Crippen molar-refractivity contribution in [2.24, 2.45) is 0 Å². The first-order valence-corrected chi connectivity index (χ1v) is 21.2. The van der Waals surface area contributed by atoms with E-state index in [1.165, 1.54) is 39.5 Å². The number of benzene rings is 6. The van der Waals surface area contributed by atoms with Crippen LogP contribution < -0.4 is 9.15 Å². The molecule has 0 bridgehead atoms. The third-order valence-electron chi connectivity index (χ3n) is 11.8. The third-order valence-corrected chi connectivity index (χ3v) is 11.8. The summed E-state index contributed by atoms with van der Waals surface area (Å²) >= 11 is 0. The first-order chi connectivity index (χ1) is 35.2. The van der Waals surface area contributed by atoms with Crippen LogP contribution in [0.25, 0.3) is 49.9 Å². The minimum atomic E-state index is -3.71. The van der Waals surface area contributed by atoms with Crippen molar-refractivity contribution in [3.8, 4) is 28.1 Å². The molecule has 5 nitrogen and oxygen atoms in total. The van der Waals surface area contributed by atoms with Crippen molar-refractivity contribution in [3.63, 3.8) is 0 Å². The minimum Gasteiger partial charge on any atom is -0.317 e. The van der Waals surface area contributed by atoms with E-state index in [9.17, 15) is 0 Å². The summed E-state index contributed by atoms with van der Waals surface area (Å²) in [5.74, 6) is -3.18. The molecule has 0 fully saturated rings. The van der Waals surface area contributed by atoms with Crippen molar-refractivity contribution < 1.29 is 43.6 Å². The molecule has 66 heavy (non-hydrogen) atoms. The molecular formula is C58H49F2N5Pt+2. The Morgan fingerprint density at radius 3 is 1.89 bits per heavy atom. The van der Waals surface area contributed by atoms with E-state index < -0.39 is 82.9 Å². The van der Waals surface area contributed by atoms with E-state index in [1.807, 2.05) is 57.4 Å². The molecule has 1 aliphatic heterocycles. The number of para-hydroxylation sites is 3. The molecule has 0 saturated carbocycles. The summed E-state index contributed by atoms with van der Waals surface area (Å²) in [6.07, 6.45) is 1.72. The van der Waals surface area contributed by atoms with Gasteiger partial charge < -0.3 is 4.57 Å². The molecule has 0 atom stereocenters. The zero-order valence-corrected chi connectivity index (χ0v) is 39.7. The molecular weight excluding hydrogens is 1000 g/mol. The number of aryl methyl sites for hydroxylation is 2. The van der Waals surface area contributed by atoms with Gasteiger partial charge in [-0.25, -0.2) is 13.8 Å². The van der Waals surface area contributed by atoms with Gasteiger partial charge in [0, 0.05) is 24.0 Å². The Balaban J connectivity index is 0.00000706. The van der Waals surface area contributed by atoms with E-state index in [1.54, 1.807) is 42.6 Å².